The molecule has 0 saturated heterocycles. The van der Waals surface area contributed by atoms with Crippen molar-refractivity contribution in [2.24, 2.45) is 4.99 Å². The van der Waals surface area contributed by atoms with Gasteiger partial charge in [-0.2, -0.15) is 0 Å². The molecule has 1 aromatic carbocycles. The van der Waals surface area contributed by atoms with E-state index in [0.717, 1.165) is 43.9 Å². The molecule has 0 aromatic heterocycles. The lowest BCUT2D eigenvalue weighted by Crippen LogP contribution is -2.37. The molecule has 2 aliphatic rings. The quantitative estimate of drug-likeness (QED) is 0.196. The third-order valence-electron chi connectivity index (χ3n) is 5.02. The number of guanidine groups is 1. The van der Waals surface area contributed by atoms with E-state index in [0.29, 0.717) is 11.4 Å². The molecule has 8 heteroatoms. The second-order valence-electron chi connectivity index (χ2n) is 7.52. The Kier molecular flexibility index (Phi) is 9.91. The number of hydrogen-bond acceptors (Lipinski definition) is 3. The maximum atomic E-state index is 12.2. The van der Waals surface area contributed by atoms with Crippen LogP contribution in [0.2, 0.25) is 0 Å². The van der Waals surface area contributed by atoms with E-state index in [2.05, 4.69) is 26.4 Å². The standard InChI is InChI=1S/C21H32N4O2S.HI/c1-2-22-21(23-15-14-17-6-4-3-5-7-17)24-16-18-8-12-20(13-9-18)28(26,27)25-19-10-11-19;/h6,8-9,12-13,19,25H,2-5,7,10-11,14-16H2,1H3,(H2,22,23,24);1H. The van der Waals surface area contributed by atoms with Crippen LogP contribution in [0.4, 0.5) is 0 Å². The van der Waals surface area contributed by atoms with E-state index in [-0.39, 0.29) is 30.0 Å². The molecule has 0 heterocycles. The number of allylic oxidation sites excluding steroid dienone is 1. The first-order chi connectivity index (χ1) is 13.6. The van der Waals surface area contributed by atoms with Gasteiger partial charge in [-0.3, -0.25) is 0 Å². The van der Waals surface area contributed by atoms with Crippen molar-refractivity contribution in [3.63, 3.8) is 0 Å². The summed E-state index contributed by atoms with van der Waals surface area (Å²) in [5.41, 5.74) is 2.53. The molecule has 29 heavy (non-hydrogen) atoms. The molecule has 1 fully saturated rings. The molecule has 0 unspecified atom stereocenters. The van der Waals surface area contributed by atoms with Gasteiger partial charge in [0.2, 0.25) is 10.0 Å². The molecular weight excluding hydrogens is 499 g/mol. The summed E-state index contributed by atoms with van der Waals surface area (Å²) in [6.07, 6.45) is 10.4. The maximum absolute atomic E-state index is 12.2. The van der Waals surface area contributed by atoms with Gasteiger partial charge in [-0.15, -0.1) is 24.0 Å². The summed E-state index contributed by atoms with van der Waals surface area (Å²) in [4.78, 5) is 4.94. The van der Waals surface area contributed by atoms with Crippen molar-refractivity contribution in [1.29, 1.82) is 0 Å². The summed E-state index contributed by atoms with van der Waals surface area (Å²) in [5, 5.41) is 6.66. The highest BCUT2D eigenvalue weighted by molar-refractivity contribution is 14.0. The van der Waals surface area contributed by atoms with Gasteiger partial charge in [0, 0.05) is 19.1 Å². The first-order valence-electron chi connectivity index (χ1n) is 10.4. The Morgan fingerprint density at radius 2 is 1.90 bits per heavy atom. The van der Waals surface area contributed by atoms with Crippen LogP contribution in [0, 0.1) is 0 Å². The van der Waals surface area contributed by atoms with Crippen molar-refractivity contribution in [1.82, 2.24) is 15.4 Å². The van der Waals surface area contributed by atoms with Gasteiger partial charge in [0.15, 0.2) is 5.96 Å². The topological polar surface area (TPSA) is 82.6 Å². The molecule has 2 aliphatic carbocycles. The van der Waals surface area contributed by atoms with Gasteiger partial charge in [-0.1, -0.05) is 23.8 Å². The number of sulfonamides is 1. The lowest BCUT2D eigenvalue weighted by atomic mass is 9.97. The molecule has 3 N–H and O–H groups in total. The fourth-order valence-electron chi connectivity index (χ4n) is 3.25. The highest BCUT2D eigenvalue weighted by Crippen LogP contribution is 2.22. The molecule has 1 saturated carbocycles. The number of benzene rings is 1. The summed E-state index contributed by atoms with van der Waals surface area (Å²) >= 11 is 0. The Morgan fingerprint density at radius 3 is 2.52 bits per heavy atom. The molecule has 0 radical (unpaired) electrons. The molecule has 0 atom stereocenters. The number of aliphatic imine (C=N–C) groups is 1. The predicted molar refractivity (Wildman–Crippen MR) is 129 cm³/mol. The molecule has 0 aliphatic heterocycles. The Bertz CT molecular complexity index is 802. The van der Waals surface area contributed by atoms with Gasteiger partial charge in [0.1, 0.15) is 0 Å². The van der Waals surface area contributed by atoms with Gasteiger partial charge in [0.05, 0.1) is 11.4 Å². The third-order valence-corrected chi connectivity index (χ3v) is 6.56. The second-order valence-corrected chi connectivity index (χ2v) is 9.23. The van der Waals surface area contributed by atoms with Crippen molar-refractivity contribution in [2.45, 2.75) is 69.4 Å². The molecule has 6 nitrogen and oxygen atoms in total. The first-order valence-corrected chi connectivity index (χ1v) is 11.9. The van der Waals surface area contributed by atoms with Crippen molar-refractivity contribution in [3.05, 3.63) is 41.5 Å². The van der Waals surface area contributed by atoms with Gasteiger partial charge in [-0.25, -0.2) is 18.1 Å². The average Bonchev–Trinajstić information content (AvgIpc) is 3.50. The fourth-order valence-corrected chi connectivity index (χ4v) is 4.55. The Labute approximate surface area is 192 Å². The van der Waals surface area contributed by atoms with Crippen molar-refractivity contribution in [2.75, 3.05) is 13.1 Å². The fraction of sp³-hybridized carbons (Fsp3) is 0.571. The lowest BCUT2D eigenvalue weighted by molar-refractivity contribution is 0.581. The van der Waals surface area contributed by atoms with Crippen molar-refractivity contribution in [3.8, 4) is 0 Å². The molecule has 0 bridgehead atoms. The summed E-state index contributed by atoms with van der Waals surface area (Å²) in [6.45, 7) is 4.24. The highest BCUT2D eigenvalue weighted by atomic mass is 127. The van der Waals surface area contributed by atoms with Crippen LogP contribution in [0.5, 0.6) is 0 Å². The normalized spacial score (nSPS) is 17.3. The minimum absolute atomic E-state index is 0. The number of rotatable bonds is 9. The molecule has 0 spiro atoms. The summed E-state index contributed by atoms with van der Waals surface area (Å²) in [6, 6.07) is 7.10. The number of nitrogens with one attached hydrogen (secondary N) is 3. The summed E-state index contributed by atoms with van der Waals surface area (Å²) < 4.78 is 27.2. The summed E-state index contributed by atoms with van der Waals surface area (Å²) in [5.74, 6) is 0.797. The van der Waals surface area contributed by atoms with Gasteiger partial charge in [0.25, 0.3) is 0 Å². The van der Waals surface area contributed by atoms with Crippen molar-refractivity contribution >= 4 is 40.0 Å². The van der Waals surface area contributed by atoms with Gasteiger partial charge in [-0.05, 0) is 69.6 Å². The minimum Gasteiger partial charge on any atom is -0.357 e. The van der Waals surface area contributed by atoms with Crippen LogP contribution in [0.15, 0.2) is 45.8 Å². The monoisotopic (exact) mass is 532 g/mol. The zero-order valence-electron chi connectivity index (χ0n) is 17.1. The van der Waals surface area contributed by atoms with Gasteiger partial charge >= 0.3 is 0 Å². The number of nitrogens with zero attached hydrogens (tertiary/aromatic N) is 1. The largest absolute Gasteiger partial charge is 0.357 e. The van der Waals surface area contributed by atoms with Crippen LogP contribution < -0.4 is 15.4 Å². The minimum atomic E-state index is -3.39. The summed E-state index contributed by atoms with van der Waals surface area (Å²) in [7, 11) is -3.39. The smallest absolute Gasteiger partial charge is 0.240 e. The van der Waals surface area contributed by atoms with Gasteiger partial charge < -0.3 is 10.6 Å². The predicted octanol–water partition coefficient (Wildman–Crippen LogP) is 3.69. The lowest BCUT2D eigenvalue weighted by Gasteiger charge is -2.15. The van der Waals surface area contributed by atoms with Crippen LogP contribution in [0.3, 0.4) is 0 Å². The number of hydrogen-bond donors (Lipinski definition) is 3. The Morgan fingerprint density at radius 1 is 1.14 bits per heavy atom. The zero-order valence-corrected chi connectivity index (χ0v) is 20.3. The molecule has 1 aromatic rings. The number of halogens is 1. The Hall–Kier alpha value is -1.13. The van der Waals surface area contributed by atoms with E-state index in [1.807, 2.05) is 19.1 Å². The molecular formula is C21H33IN4O2S. The van der Waals surface area contributed by atoms with E-state index in [9.17, 15) is 8.42 Å². The van der Waals surface area contributed by atoms with E-state index >= 15 is 0 Å². The van der Waals surface area contributed by atoms with Crippen LogP contribution >= 0.6 is 24.0 Å². The van der Waals surface area contributed by atoms with E-state index < -0.39 is 10.0 Å². The van der Waals surface area contributed by atoms with Crippen LogP contribution in [-0.2, 0) is 16.6 Å². The SMILES string of the molecule is CCNC(=NCc1ccc(S(=O)(=O)NC2CC2)cc1)NCCC1=CCCCC1.I. The molecule has 0 amide bonds. The van der Waals surface area contributed by atoms with Crippen LogP contribution in [0.25, 0.3) is 0 Å². The van der Waals surface area contributed by atoms with Crippen LogP contribution in [0.1, 0.15) is 57.4 Å². The van der Waals surface area contributed by atoms with Crippen molar-refractivity contribution < 1.29 is 8.42 Å². The maximum Gasteiger partial charge on any atom is 0.240 e. The third kappa shape index (κ3) is 8.25. The molecule has 3 rings (SSSR count). The average molecular weight is 532 g/mol. The van der Waals surface area contributed by atoms with Crippen LogP contribution in [-0.4, -0.2) is 33.5 Å². The highest BCUT2D eigenvalue weighted by Gasteiger charge is 2.27. The van der Waals surface area contributed by atoms with E-state index in [1.165, 1.54) is 25.7 Å². The first kappa shape index (κ1) is 24.1. The van der Waals surface area contributed by atoms with E-state index in [4.69, 9.17) is 0 Å². The van der Waals surface area contributed by atoms with E-state index in [1.54, 1.807) is 17.7 Å². The second kappa shape index (κ2) is 11.9. The Balaban J connectivity index is 0.00000300. The molecule has 162 valence electrons. The zero-order chi connectivity index (χ0) is 19.8.